The van der Waals surface area contributed by atoms with Gasteiger partial charge in [-0.2, -0.15) is 0 Å². The summed E-state index contributed by atoms with van der Waals surface area (Å²) in [6.07, 6.45) is 6.31. The Kier molecular flexibility index (Phi) is 0.574. The molecule has 3 rings (SSSR count). The quantitative estimate of drug-likeness (QED) is 0.463. The van der Waals surface area contributed by atoms with Gasteiger partial charge in [0.1, 0.15) is 0 Å². The van der Waals surface area contributed by atoms with Crippen LogP contribution in [-0.4, -0.2) is 0 Å². The van der Waals surface area contributed by atoms with Crippen molar-refractivity contribution >= 4 is 0 Å². The van der Waals surface area contributed by atoms with Crippen molar-refractivity contribution in [2.24, 2.45) is 23.2 Å². The lowest BCUT2D eigenvalue weighted by Crippen LogP contribution is -2.04. The van der Waals surface area contributed by atoms with Crippen LogP contribution in [-0.2, 0) is 0 Å². The first-order chi connectivity index (χ1) is 4.33. The maximum absolute atomic E-state index is 2.42. The Morgan fingerprint density at radius 1 is 1.33 bits per heavy atom. The van der Waals surface area contributed by atoms with Gasteiger partial charge in [0.25, 0.3) is 0 Å². The molecule has 0 heterocycles. The van der Waals surface area contributed by atoms with Gasteiger partial charge in [-0.05, 0) is 42.4 Å². The third-order valence-electron chi connectivity index (χ3n) is 3.99. The molecule has 0 nitrogen and oxygen atoms in total. The largest absolute Gasteiger partial charge is 0.0625 e. The molecule has 3 fully saturated rings. The molecule has 3 unspecified atom stereocenters. The second-order valence-electron chi connectivity index (χ2n) is 4.53. The van der Waals surface area contributed by atoms with Crippen LogP contribution in [0.25, 0.3) is 0 Å². The van der Waals surface area contributed by atoms with Gasteiger partial charge >= 0.3 is 0 Å². The van der Waals surface area contributed by atoms with E-state index in [4.69, 9.17) is 0 Å². The first-order valence-electron chi connectivity index (χ1n) is 4.33. The van der Waals surface area contributed by atoms with E-state index in [1.807, 2.05) is 0 Å². The molecule has 0 saturated heterocycles. The lowest BCUT2D eigenvalue weighted by Gasteiger charge is -2.13. The van der Waals surface area contributed by atoms with Gasteiger partial charge in [0.15, 0.2) is 0 Å². The van der Waals surface area contributed by atoms with Crippen molar-refractivity contribution in [2.75, 3.05) is 0 Å². The highest BCUT2D eigenvalue weighted by molar-refractivity contribution is 5.24. The predicted octanol–water partition coefficient (Wildman–Crippen LogP) is 2.44. The SMILES string of the molecule is CC1CCC2(C1)C1CC12. The van der Waals surface area contributed by atoms with Crippen LogP contribution < -0.4 is 0 Å². The van der Waals surface area contributed by atoms with Crippen LogP contribution in [0.15, 0.2) is 0 Å². The van der Waals surface area contributed by atoms with Crippen LogP contribution >= 0.6 is 0 Å². The summed E-state index contributed by atoms with van der Waals surface area (Å²) in [6.45, 7) is 2.42. The highest BCUT2D eigenvalue weighted by Gasteiger charge is 2.76. The minimum absolute atomic E-state index is 0.972. The summed E-state index contributed by atoms with van der Waals surface area (Å²) in [6, 6.07) is 0. The smallest absolute Gasteiger partial charge is 0.0232 e. The van der Waals surface area contributed by atoms with E-state index >= 15 is 0 Å². The Morgan fingerprint density at radius 3 is 2.33 bits per heavy atom. The summed E-state index contributed by atoms with van der Waals surface area (Å²) in [5.41, 5.74) is 0.972. The lowest BCUT2D eigenvalue weighted by molar-refractivity contribution is 0.365. The number of hydrogen-bond donors (Lipinski definition) is 0. The van der Waals surface area contributed by atoms with Crippen molar-refractivity contribution in [1.82, 2.24) is 0 Å². The monoisotopic (exact) mass is 122 g/mol. The summed E-state index contributed by atoms with van der Waals surface area (Å²) in [7, 11) is 0. The van der Waals surface area contributed by atoms with E-state index in [0.29, 0.717) is 0 Å². The number of fused-ring (bicyclic) bond motifs is 3. The molecule has 0 heteroatoms. The summed E-state index contributed by atoms with van der Waals surface area (Å²) in [4.78, 5) is 0. The van der Waals surface area contributed by atoms with Gasteiger partial charge in [-0.3, -0.25) is 0 Å². The summed E-state index contributed by atoms with van der Waals surface area (Å²) in [5.74, 6) is 3.54. The lowest BCUT2D eigenvalue weighted by atomic mass is 9.92. The Bertz CT molecular complexity index is 151. The Morgan fingerprint density at radius 2 is 2.11 bits per heavy atom. The fraction of sp³-hybridized carbons (Fsp3) is 1.00. The third kappa shape index (κ3) is 0.395. The topological polar surface area (TPSA) is 0 Å². The molecule has 1 spiro atoms. The molecule has 0 bridgehead atoms. The van der Waals surface area contributed by atoms with Gasteiger partial charge in [-0.15, -0.1) is 0 Å². The van der Waals surface area contributed by atoms with Gasteiger partial charge in [-0.1, -0.05) is 13.3 Å². The van der Waals surface area contributed by atoms with E-state index in [0.717, 1.165) is 11.3 Å². The minimum Gasteiger partial charge on any atom is -0.0625 e. The van der Waals surface area contributed by atoms with Crippen molar-refractivity contribution in [3.8, 4) is 0 Å². The number of hydrogen-bond acceptors (Lipinski definition) is 0. The van der Waals surface area contributed by atoms with Gasteiger partial charge in [0.05, 0.1) is 0 Å². The Hall–Kier alpha value is 0. The molecular formula is C9H14. The number of rotatable bonds is 0. The molecule has 3 aliphatic carbocycles. The van der Waals surface area contributed by atoms with E-state index in [2.05, 4.69) is 6.92 Å². The molecule has 3 saturated carbocycles. The third-order valence-corrected chi connectivity index (χ3v) is 3.99. The fourth-order valence-electron chi connectivity index (χ4n) is 3.22. The van der Waals surface area contributed by atoms with E-state index in [1.54, 1.807) is 19.3 Å². The van der Waals surface area contributed by atoms with Crippen molar-refractivity contribution in [3.05, 3.63) is 0 Å². The van der Waals surface area contributed by atoms with Crippen LogP contribution in [0.5, 0.6) is 0 Å². The Labute approximate surface area is 56.6 Å². The normalized spacial score (nSPS) is 68.3. The van der Waals surface area contributed by atoms with E-state index in [1.165, 1.54) is 18.3 Å². The second-order valence-corrected chi connectivity index (χ2v) is 4.53. The van der Waals surface area contributed by atoms with Gasteiger partial charge < -0.3 is 0 Å². The van der Waals surface area contributed by atoms with Crippen LogP contribution in [0.2, 0.25) is 0 Å². The van der Waals surface area contributed by atoms with E-state index in [-0.39, 0.29) is 0 Å². The zero-order chi connectivity index (χ0) is 6.06. The van der Waals surface area contributed by atoms with E-state index in [9.17, 15) is 0 Å². The molecule has 0 radical (unpaired) electrons. The summed E-state index contributed by atoms with van der Waals surface area (Å²) >= 11 is 0. The zero-order valence-electron chi connectivity index (χ0n) is 6.06. The molecule has 0 N–H and O–H groups in total. The first-order valence-corrected chi connectivity index (χ1v) is 4.33. The fourth-order valence-corrected chi connectivity index (χ4v) is 3.22. The molecule has 3 atom stereocenters. The predicted molar refractivity (Wildman–Crippen MR) is 37.0 cm³/mol. The second kappa shape index (κ2) is 1.09. The van der Waals surface area contributed by atoms with Crippen LogP contribution in [0.4, 0.5) is 0 Å². The van der Waals surface area contributed by atoms with E-state index < -0.39 is 0 Å². The highest BCUT2D eigenvalue weighted by Crippen LogP contribution is 2.83. The van der Waals surface area contributed by atoms with Crippen molar-refractivity contribution in [3.63, 3.8) is 0 Å². The van der Waals surface area contributed by atoms with Crippen LogP contribution in [0.3, 0.4) is 0 Å². The van der Waals surface area contributed by atoms with Crippen LogP contribution in [0.1, 0.15) is 32.6 Å². The molecule has 0 aromatic carbocycles. The highest BCUT2D eigenvalue weighted by atomic mass is 14.8. The first kappa shape index (κ1) is 4.76. The maximum Gasteiger partial charge on any atom is -0.0232 e. The van der Waals surface area contributed by atoms with Gasteiger partial charge in [-0.25, -0.2) is 0 Å². The van der Waals surface area contributed by atoms with Crippen LogP contribution in [0, 0.1) is 23.2 Å². The van der Waals surface area contributed by atoms with Crippen molar-refractivity contribution in [1.29, 1.82) is 0 Å². The van der Waals surface area contributed by atoms with Crippen molar-refractivity contribution < 1.29 is 0 Å². The summed E-state index contributed by atoms with van der Waals surface area (Å²) in [5, 5.41) is 0. The molecule has 3 aliphatic rings. The maximum atomic E-state index is 2.42. The average molecular weight is 122 g/mol. The zero-order valence-corrected chi connectivity index (χ0v) is 6.06. The van der Waals surface area contributed by atoms with Crippen molar-refractivity contribution in [2.45, 2.75) is 32.6 Å². The molecule has 0 amide bonds. The summed E-state index contributed by atoms with van der Waals surface area (Å²) < 4.78 is 0. The molecule has 0 aliphatic heterocycles. The molecule has 9 heavy (non-hydrogen) atoms. The molecule has 0 aromatic heterocycles. The standard InChI is InChI=1S/C9H14/c1-6-2-3-9(5-6)7-4-8(7)9/h6-8H,2-5H2,1H3. The Balaban J connectivity index is 1.83. The minimum atomic E-state index is 0.972. The van der Waals surface area contributed by atoms with Gasteiger partial charge in [0, 0.05) is 0 Å². The molecule has 0 aromatic rings. The molecule has 50 valence electrons. The van der Waals surface area contributed by atoms with Gasteiger partial charge in [0.2, 0.25) is 0 Å². The molecular weight excluding hydrogens is 108 g/mol. The average Bonchev–Trinajstić information content (AvgIpc) is 2.66.